The van der Waals surface area contributed by atoms with Crippen molar-refractivity contribution in [2.75, 3.05) is 6.54 Å². The lowest BCUT2D eigenvalue weighted by molar-refractivity contribution is 0.307. The Morgan fingerprint density at radius 2 is 1.95 bits per heavy atom. The predicted molar refractivity (Wildman–Crippen MR) is 86.4 cm³/mol. The highest BCUT2D eigenvalue weighted by Crippen LogP contribution is 2.21. The van der Waals surface area contributed by atoms with Gasteiger partial charge in [0, 0.05) is 22.4 Å². The minimum absolute atomic E-state index is 0.249. The van der Waals surface area contributed by atoms with Crippen LogP contribution >= 0.6 is 11.3 Å². The monoisotopic (exact) mass is 307 g/mol. The summed E-state index contributed by atoms with van der Waals surface area (Å²) in [5.41, 5.74) is 0.916. The summed E-state index contributed by atoms with van der Waals surface area (Å²) in [7, 11) is 0. The van der Waals surface area contributed by atoms with Crippen LogP contribution in [-0.2, 0) is 19.6 Å². The SMILES string of the molecule is CCCNCc1cc(F)cc(OCc2ccc(CC)s2)c1. The van der Waals surface area contributed by atoms with Gasteiger partial charge in [0.25, 0.3) is 0 Å². The third-order valence-corrected chi connectivity index (χ3v) is 4.34. The normalized spacial score (nSPS) is 10.8. The number of nitrogens with one attached hydrogen (secondary N) is 1. The molecule has 2 rings (SSSR count). The second kappa shape index (κ2) is 8.15. The standard InChI is InChI=1S/C17H22FNOS/c1-3-7-19-11-13-8-14(18)10-15(9-13)20-12-17-6-5-16(4-2)21-17/h5-6,8-10,19H,3-4,7,11-12H2,1-2H3. The summed E-state index contributed by atoms with van der Waals surface area (Å²) in [6.45, 7) is 6.34. The van der Waals surface area contributed by atoms with Crippen LogP contribution in [0.1, 0.15) is 35.6 Å². The summed E-state index contributed by atoms with van der Waals surface area (Å²) in [5.74, 6) is 0.343. The van der Waals surface area contributed by atoms with Gasteiger partial charge in [-0.05, 0) is 49.2 Å². The molecule has 0 saturated heterocycles. The third kappa shape index (κ3) is 5.14. The van der Waals surface area contributed by atoms with E-state index in [1.165, 1.54) is 15.8 Å². The first-order valence-corrected chi connectivity index (χ1v) is 8.23. The average Bonchev–Trinajstić information content (AvgIpc) is 2.93. The Bertz CT molecular complexity index is 568. The first kappa shape index (κ1) is 16.0. The molecule has 0 aliphatic carbocycles. The molecule has 114 valence electrons. The van der Waals surface area contributed by atoms with Gasteiger partial charge in [-0.1, -0.05) is 13.8 Å². The van der Waals surface area contributed by atoms with Gasteiger partial charge in [-0.25, -0.2) is 4.39 Å². The highest BCUT2D eigenvalue weighted by Gasteiger charge is 2.04. The van der Waals surface area contributed by atoms with Gasteiger partial charge in [0.2, 0.25) is 0 Å². The van der Waals surface area contributed by atoms with E-state index in [4.69, 9.17) is 4.74 Å². The maximum absolute atomic E-state index is 13.6. The maximum Gasteiger partial charge on any atom is 0.127 e. The van der Waals surface area contributed by atoms with Gasteiger partial charge in [-0.15, -0.1) is 11.3 Å². The lowest BCUT2D eigenvalue weighted by atomic mass is 10.2. The molecular formula is C17H22FNOS. The molecule has 1 aromatic carbocycles. The van der Waals surface area contributed by atoms with E-state index < -0.39 is 0 Å². The van der Waals surface area contributed by atoms with E-state index in [1.54, 1.807) is 17.4 Å². The van der Waals surface area contributed by atoms with E-state index in [1.807, 2.05) is 6.07 Å². The first-order chi connectivity index (χ1) is 10.2. The molecule has 1 heterocycles. The second-order valence-corrected chi connectivity index (χ2v) is 6.24. The van der Waals surface area contributed by atoms with E-state index in [0.717, 1.165) is 24.9 Å². The van der Waals surface area contributed by atoms with Crippen molar-refractivity contribution in [2.45, 2.75) is 39.8 Å². The zero-order chi connectivity index (χ0) is 15.1. The summed E-state index contributed by atoms with van der Waals surface area (Å²) in [5, 5.41) is 3.27. The molecule has 0 amide bonds. The lowest BCUT2D eigenvalue weighted by Crippen LogP contribution is -2.14. The van der Waals surface area contributed by atoms with Crippen molar-refractivity contribution in [3.8, 4) is 5.75 Å². The molecule has 0 spiro atoms. The number of hydrogen-bond donors (Lipinski definition) is 1. The van der Waals surface area contributed by atoms with Crippen LogP contribution in [0.15, 0.2) is 30.3 Å². The summed E-state index contributed by atoms with van der Waals surface area (Å²) in [6.07, 6.45) is 2.11. The van der Waals surface area contributed by atoms with Gasteiger partial charge in [-0.2, -0.15) is 0 Å². The minimum atomic E-state index is -0.249. The molecule has 2 nitrogen and oxygen atoms in total. The minimum Gasteiger partial charge on any atom is -0.488 e. The van der Waals surface area contributed by atoms with Crippen LogP contribution in [0.25, 0.3) is 0 Å². The molecule has 0 radical (unpaired) electrons. The quantitative estimate of drug-likeness (QED) is 0.724. The van der Waals surface area contributed by atoms with E-state index in [2.05, 4.69) is 31.3 Å². The second-order valence-electron chi connectivity index (χ2n) is 4.98. The average molecular weight is 307 g/mol. The third-order valence-electron chi connectivity index (χ3n) is 3.13. The topological polar surface area (TPSA) is 21.3 Å². The van der Waals surface area contributed by atoms with Crippen LogP contribution in [-0.4, -0.2) is 6.54 Å². The first-order valence-electron chi connectivity index (χ1n) is 7.41. The Kier molecular flexibility index (Phi) is 6.21. The van der Waals surface area contributed by atoms with Crippen LogP contribution in [0.4, 0.5) is 4.39 Å². The molecule has 0 saturated carbocycles. The van der Waals surface area contributed by atoms with Gasteiger partial charge >= 0.3 is 0 Å². The Hall–Kier alpha value is -1.39. The number of hydrogen-bond acceptors (Lipinski definition) is 3. The molecule has 0 bridgehead atoms. The number of rotatable bonds is 8. The molecule has 0 fully saturated rings. The highest BCUT2D eigenvalue weighted by molar-refractivity contribution is 7.11. The van der Waals surface area contributed by atoms with Crippen molar-refractivity contribution < 1.29 is 9.13 Å². The number of halogens is 1. The van der Waals surface area contributed by atoms with E-state index >= 15 is 0 Å². The van der Waals surface area contributed by atoms with Crippen molar-refractivity contribution in [3.63, 3.8) is 0 Å². The van der Waals surface area contributed by atoms with Crippen molar-refractivity contribution >= 4 is 11.3 Å². The molecule has 0 unspecified atom stereocenters. The fraction of sp³-hybridized carbons (Fsp3) is 0.412. The van der Waals surface area contributed by atoms with E-state index in [0.29, 0.717) is 18.9 Å². The fourth-order valence-corrected chi connectivity index (χ4v) is 2.93. The zero-order valence-electron chi connectivity index (χ0n) is 12.6. The molecule has 2 aromatic rings. The summed E-state index contributed by atoms with van der Waals surface area (Å²) < 4.78 is 19.3. The number of benzene rings is 1. The molecule has 21 heavy (non-hydrogen) atoms. The van der Waals surface area contributed by atoms with Crippen LogP contribution in [0.3, 0.4) is 0 Å². The van der Waals surface area contributed by atoms with E-state index in [9.17, 15) is 4.39 Å². The van der Waals surface area contributed by atoms with Gasteiger partial charge < -0.3 is 10.1 Å². The van der Waals surface area contributed by atoms with Crippen LogP contribution in [0.2, 0.25) is 0 Å². The number of aryl methyl sites for hydroxylation is 1. The molecule has 0 aliphatic rings. The summed E-state index contributed by atoms with van der Waals surface area (Å²) in [4.78, 5) is 2.51. The van der Waals surface area contributed by atoms with Crippen LogP contribution in [0, 0.1) is 5.82 Å². The summed E-state index contributed by atoms with van der Waals surface area (Å²) in [6, 6.07) is 9.09. The fourth-order valence-electron chi connectivity index (χ4n) is 2.06. The smallest absolute Gasteiger partial charge is 0.127 e. The number of thiophene rings is 1. The van der Waals surface area contributed by atoms with Crippen molar-refractivity contribution in [3.05, 3.63) is 51.5 Å². The summed E-state index contributed by atoms with van der Waals surface area (Å²) >= 11 is 1.75. The number of ether oxygens (including phenoxy) is 1. The lowest BCUT2D eigenvalue weighted by Gasteiger charge is -2.08. The Balaban J connectivity index is 1.95. The van der Waals surface area contributed by atoms with E-state index in [-0.39, 0.29) is 5.82 Å². The van der Waals surface area contributed by atoms with Crippen LogP contribution < -0.4 is 10.1 Å². The van der Waals surface area contributed by atoms with Crippen molar-refractivity contribution in [1.82, 2.24) is 5.32 Å². The molecule has 4 heteroatoms. The van der Waals surface area contributed by atoms with Gasteiger partial charge in [0.15, 0.2) is 0 Å². The predicted octanol–water partition coefficient (Wildman–Crippen LogP) is 4.53. The Morgan fingerprint density at radius 1 is 1.14 bits per heavy atom. The highest BCUT2D eigenvalue weighted by atomic mass is 32.1. The van der Waals surface area contributed by atoms with Crippen LogP contribution in [0.5, 0.6) is 5.75 Å². The van der Waals surface area contributed by atoms with Crippen molar-refractivity contribution in [1.29, 1.82) is 0 Å². The van der Waals surface area contributed by atoms with Crippen molar-refractivity contribution in [2.24, 2.45) is 0 Å². The maximum atomic E-state index is 13.6. The molecule has 0 atom stereocenters. The molecule has 1 aromatic heterocycles. The van der Waals surface area contributed by atoms with Gasteiger partial charge in [-0.3, -0.25) is 0 Å². The molecule has 0 aliphatic heterocycles. The Morgan fingerprint density at radius 3 is 2.67 bits per heavy atom. The molecular weight excluding hydrogens is 285 g/mol. The van der Waals surface area contributed by atoms with Gasteiger partial charge in [0.05, 0.1) is 0 Å². The van der Waals surface area contributed by atoms with Gasteiger partial charge in [0.1, 0.15) is 18.2 Å². The largest absolute Gasteiger partial charge is 0.488 e. The molecule has 1 N–H and O–H groups in total. The Labute approximate surface area is 130 Å². The zero-order valence-corrected chi connectivity index (χ0v) is 13.4.